The summed E-state index contributed by atoms with van der Waals surface area (Å²) < 4.78 is 79.3. The first-order valence-electron chi connectivity index (χ1n) is 9.72. The van der Waals surface area contributed by atoms with Crippen molar-refractivity contribution in [3.05, 3.63) is 81.9 Å². The van der Waals surface area contributed by atoms with E-state index < -0.39 is 33.6 Å². The highest BCUT2D eigenvalue weighted by molar-refractivity contribution is 7.88. The number of alkyl halides is 3. The Balaban J connectivity index is 1.71. The van der Waals surface area contributed by atoms with Crippen molar-refractivity contribution in [3.63, 3.8) is 0 Å². The summed E-state index contributed by atoms with van der Waals surface area (Å²) in [4.78, 5) is 12.3. The molecule has 0 atom stereocenters. The number of sulfonamides is 1. The van der Waals surface area contributed by atoms with E-state index >= 15 is 0 Å². The summed E-state index contributed by atoms with van der Waals surface area (Å²) in [6.45, 7) is -0.514. The van der Waals surface area contributed by atoms with E-state index in [1.165, 1.54) is 24.3 Å². The predicted molar refractivity (Wildman–Crippen MR) is 117 cm³/mol. The molecule has 3 rings (SSSR count). The molecule has 1 amide bonds. The van der Waals surface area contributed by atoms with Gasteiger partial charge in [0.15, 0.2) is 5.69 Å². The van der Waals surface area contributed by atoms with Crippen LogP contribution in [0.5, 0.6) is 0 Å². The molecule has 2 aromatic carbocycles. The van der Waals surface area contributed by atoms with Gasteiger partial charge in [0.2, 0.25) is 15.9 Å². The molecule has 0 bridgehead atoms. The molecule has 0 fully saturated rings. The van der Waals surface area contributed by atoms with Crippen LogP contribution in [0, 0.1) is 5.82 Å². The van der Waals surface area contributed by atoms with Crippen LogP contribution in [-0.2, 0) is 40.5 Å². The first kappa shape index (κ1) is 25.7. The summed E-state index contributed by atoms with van der Waals surface area (Å²) >= 11 is 5.93. The van der Waals surface area contributed by atoms with Crippen molar-refractivity contribution in [2.45, 2.75) is 25.7 Å². The lowest BCUT2D eigenvalue weighted by molar-refractivity contribution is -0.141. The van der Waals surface area contributed by atoms with Crippen molar-refractivity contribution < 1.29 is 30.8 Å². The van der Waals surface area contributed by atoms with Gasteiger partial charge in [-0.3, -0.25) is 4.79 Å². The lowest BCUT2D eigenvalue weighted by Crippen LogP contribution is -2.26. The van der Waals surface area contributed by atoms with Crippen LogP contribution in [0.25, 0.3) is 5.69 Å². The van der Waals surface area contributed by atoms with Gasteiger partial charge in [-0.2, -0.15) is 18.3 Å². The molecule has 2 N–H and O–H groups in total. The Bertz CT molecular complexity index is 1310. The fraction of sp³-hybridized carbons (Fsp3) is 0.238. The third kappa shape index (κ3) is 7.02. The van der Waals surface area contributed by atoms with E-state index in [1.807, 2.05) is 0 Å². The summed E-state index contributed by atoms with van der Waals surface area (Å²) in [7, 11) is -3.50. The number of hydrogen-bond acceptors (Lipinski definition) is 4. The quantitative estimate of drug-likeness (QED) is 0.446. The summed E-state index contributed by atoms with van der Waals surface area (Å²) in [5, 5.41) is 6.40. The van der Waals surface area contributed by atoms with E-state index in [0.29, 0.717) is 10.6 Å². The monoisotopic (exact) mass is 518 g/mol. The minimum atomic E-state index is -4.69. The molecule has 0 aliphatic heterocycles. The molecule has 34 heavy (non-hydrogen) atoms. The van der Waals surface area contributed by atoms with Gasteiger partial charge in [0.05, 0.1) is 30.6 Å². The third-order valence-corrected chi connectivity index (χ3v) is 5.50. The van der Waals surface area contributed by atoms with Crippen molar-refractivity contribution in [2.75, 3.05) is 6.26 Å². The first-order valence-corrected chi connectivity index (χ1v) is 12.0. The summed E-state index contributed by atoms with van der Waals surface area (Å²) in [5.41, 5.74) is -0.377. The van der Waals surface area contributed by atoms with Crippen LogP contribution in [0.3, 0.4) is 0 Å². The fourth-order valence-corrected chi connectivity index (χ4v) is 3.61. The minimum absolute atomic E-state index is 0.0660. The molecule has 0 saturated carbocycles. The number of amides is 1. The molecule has 0 spiro atoms. The number of carbonyl (C=O) groups excluding carboxylic acids is 1. The van der Waals surface area contributed by atoms with Gasteiger partial charge in [-0.1, -0.05) is 29.8 Å². The summed E-state index contributed by atoms with van der Waals surface area (Å²) in [5.74, 6) is -1.26. The summed E-state index contributed by atoms with van der Waals surface area (Å²) in [6.07, 6.45) is -3.98. The highest BCUT2D eigenvalue weighted by Crippen LogP contribution is 2.30. The van der Waals surface area contributed by atoms with Gasteiger partial charge in [0, 0.05) is 17.1 Å². The van der Waals surface area contributed by atoms with Crippen LogP contribution >= 0.6 is 11.6 Å². The Morgan fingerprint density at radius 1 is 1.12 bits per heavy atom. The van der Waals surface area contributed by atoms with Gasteiger partial charge in [-0.05, 0) is 35.9 Å². The number of benzene rings is 2. The van der Waals surface area contributed by atoms with Crippen LogP contribution in [0.4, 0.5) is 17.6 Å². The topological polar surface area (TPSA) is 93.1 Å². The van der Waals surface area contributed by atoms with Crippen molar-refractivity contribution >= 4 is 27.5 Å². The van der Waals surface area contributed by atoms with Gasteiger partial charge in [0.25, 0.3) is 0 Å². The number of nitrogens with zero attached hydrogens (tertiary/aromatic N) is 2. The molecule has 0 aliphatic rings. The Kier molecular flexibility index (Phi) is 7.64. The molecule has 1 aromatic heterocycles. The van der Waals surface area contributed by atoms with E-state index in [0.717, 1.165) is 23.1 Å². The highest BCUT2D eigenvalue weighted by Gasteiger charge is 2.35. The Labute approximate surface area is 197 Å². The van der Waals surface area contributed by atoms with Crippen LogP contribution in [0.1, 0.15) is 22.5 Å². The largest absolute Gasteiger partial charge is 0.435 e. The number of nitrogens with one attached hydrogen (secondary N) is 2. The maximum absolute atomic E-state index is 14.2. The number of aromatic nitrogens is 2. The minimum Gasteiger partial charge on any atom is -0.350 e. The second-order valence-corrected chi connectivity index (χ2v) is 9.65. The Morgan fingerprint density at radius 3 is 2.47 bits per heavy atom. The maximum Gasteiger partial charge on any atom is 0.435 e. The van der Waals surface area contributed by atoms with E-state index in [4.69, 9.17) is 11.6 Å². The van der Waals surface area contributed by atoms with Crippen LogP contribution in [0.15, 0.2) is 48.5 Å². The van der Waals surface area contributed by atoms with E-state index in [1.54, 1.807) is 12.1 Å². The third-order valence-electron chi connectivity index (χ3n) is 4.60. The van der Waals surface area contributed by atoms with Gasteiger partial charge in [0.1, 0.15) is 5.82 Å². The van der Waals surface area contributed by atoms with Gasteiger partial charge in [-0.25, -0.2) is 22.2 Å². The van der Waals surface area contributed by atoms with Gasteiger partial charge < -0.3 is 5.32 Å². The Morgan fingerprint density at radius 2 is 1.85 bits per heavy atom. The van der Waals surface area contributed by atoms with Crippen LogP contribution in [0.2, 0.25) is 5.02 Å². The van der Waals surface area contributed by atoms with Crippen molar-refractivity contribution in [1.29, 1.82) is 0 Å². The molecule has 0 radical (unpaired) electrons. The summed E-state index contributed by atoms with van der Waals surface area (Å²) in [6, 6.07) is 10.8. The predicted octanol–water partition coefficient (Wildman–Crippen LogP) is 3.59. The number of rotatable bonds is 8. The molecule has 1 heterocycles. The zero-order chi connectivity index (χ0) is 25.1. The Hall–Kier alpha value is -2.96. The van der Waals surface area contributed by atoms with Crippen LogP contribution in [-0.4, -0.2) is 30.4 Å². The van der Waals surface area contributed by atoms with Crippen molar-refractivity contribution in [3.8, 4) is 5.69 Å². The second-order valence-electron chi connectivity index (χ2n) is 7.38. The molecule has 0 aliphatic carbocycles. The maximum atomic E-state index is 14.2. The lowest BCUT2D eigenvalue weighted by atomic mass is 10.1. The number of halogens is 5. The molecule has 182 valence electrons. The van der Waals surface area contributed by atoms with E-state index in [9.17, 15) is 30.8 Å². The average Bonchev–Trinajstić information content (AvgIpc) is 3.16. The smallest absolute Gasteiger partial charge is 0.350 e. The molecular weight excluding hydrogens is 500 g/mol. The fourth-order valence-electron chi connectivity index (χ4n) is 3.01. The van der Waals surface area contributed by atoms with Gasteiger partial charge in [-0.15, -0.1) is 0 Å². The average molecular weight is 519 g/mol. The second kappa shape index (κ2) is 10.1. The molecule has 13 heteroatoms. The van der Waals surface area contributed by atoms with Crippen LogP contribution < -0.4 is 10.0 Å². The number of hydrogen-bond donors (Lipinski definition) is 2. The molecule has 0 unspecified atom stereocenters. The standard InChI is InChI=1S/C21H19ClF4N4O3S/c1-34(32,33)28-11-14-6-5-13(7-18(14)23)8-20(31)27-12-17-10-19(21(24,25)26)29-30(17)16-4-2-3-15(22)9-16/h2-7,9-10,28H,8,11-12H2,1H3,(H,27,31). The van der Waals surface area contributed by atoms with Gasteiger partial charge >= 0.3 is 6.18 Å². The zero-order valence-electron chi connectivity index (χ0n) is 17.7. The van der Waals surface area contributed by atoms with E-state index in [-0.39, 0.29) is 36.5 Å². The first-order chi connectivity index (χ1) is 15.8. The van der Waals surface area contributed by atoms with Crippen molar-refractivity contribution in [2.24, 2.45) is 0 Å². The number of carbonyl (C=O) groups is 1. The normalized spacial score (nSPS) is 12.1. The van der Waals surface area contributed by atoms with Crippen molar-refractivity contribution in [1.82, 2.24) is 19.8 Å². The SMILES string of the molecule is CS(=O)(=O)NCc1ccc(CC(=O)NCc2cc(C(F)(F)F)nn2-c2cccc(Cl)c2)cc1F. The molecule has 3 aromatic rings. The highest BCUT2D eigenvalue weighted by atomic mass is 35.5. The van der Waals surface area contributed by atoms with E-state index in [2.05, 4.69) is 15.1 Å². The molecule has 7 nitrogen and oxygen atoms in total. The molecular formula is C21H19ClF4N4O3S. The lowest BCUT2D eigenvalue weighted by Gasteiger charge is -2.10. The molecule has 0 saturated heterocycles. The zero-order valence-corrected chi connectivity index (χ0v) is 19.2.